The molecule has 0 aromatic heterocycles. The van der Waals surface area contributed by atoms with E-state index in [2.05, 4.69) is 29.5 Å². The van der Waals surface area contributed by atoms with Gasteiger partial charge in [-0.25, -0.2) is 0 Å². The first-order valence-corrected chi connectivity index (χ1v) is 4.72. The van der Waals surface area contributed by atoms with Gasteiger partial charge in [-0.1, -0.05) is 12.0 Å². The Kier molecular flexibility index (Phi) is 3.02. The van der Waals surface area contributed by atoms with Gasteiger partial charge in [0.25, 0.3) is 0 Å². The van der Waals surface area contributed by atoms with Gasteiger partial charge in [-0.2, -0.15) is 0 Å². The standard InChI is InChI=1S/C8H13I/c1-7(9)8-5-3-2-4-6-8/h2-6H2,1H3. The molecular formula is C8H13I. The Labute approximate surface area is 70.9 Å². The van der Waals surface area contributed by atoms with Gasteiger partial charge in [0.05, 0.1) is 0 Å². The average Bonchev–Trinajstić information content (AvgIpc) is 1.90. The summed E-state index contributed by atoms with van der Waals surface area (Å²) in [4.78, 5) is 0. The highest BCUT2D eigenvalue weighted by atomic mass is 127. The molecule has 0 saturated heterocycles. The van der Waals surface area contributed by atoms with Gasteiger partial charge in [-0.3, -0.25) is 0 Å². The van der Waals surface area contributed by atoms with Crippen molar-refractivity contribution in [3.8, 4) is 0 Å². The van der Waals surface area contributed by atoms with Gasteiger partial charge in [0, 0.05) is 0 Å². The molecule has 0 N–H and O–H groups in total. The van der Waals surface area contributed by atoms with Crippen molar-refractivity contribution in [2.24, 2.45) is 0 Å². The van der Waals surface area contributed by atoms with Crippen molar-refractivity contribution >= 4 is 22.6 Å². The summed E-state index contributed by atoms with van der Waals surface area (Å²) in [6, 6.07) is 0. The topological polar surface area (TPSA) is 0 Å². The van der Waals surface area contributed by atoms with Crippen LogP contribution in [0.2, 0.25) is 0 Å². The largest absolute Gasteiger partial charge is 0.0612 e. The van der Waals surface area contributed by atoms with E-state index in [0.717, 1.165) is 0 Å². The highest BCUT2D eigenvalue weighted by Gasteiger charge is 2.05. The zero-order valence-electron chi connectivity index (χ0n) is 5.91. The van der Waals surface area contributed by atoms with Crippen LogP contribution in [0.25, 0.3) is 0 Å². The van der Waals surface area contributed by atoms with Crippen LogP contribution in [0.4, 0.5) is 0 Å². The van der Waals surface area contributed by atoms with E-state index >= 15 is 0 Å². The maximum atomic E-state index is 2.44. The molecule has 0 aromatic carbocycles. The van der Waals surface area contributed by atoms with Crippen molar-refractivity contribution in [3.05, 3.63) is 9.15 Å². The average molecular weight is 236 g/mol. The highest BCUT2D eigenvalue weighted by molar-refractivity contribution is 14.1. The second kappa shape index (κ2) is 3.59. The normalized spacial score (nSPS) is 20.0. The van der Waals surface area contributed by atoms with Gasteiger partial charge in [0.1, 0.15) is 0 Å². The zero-order valence-corrected chi connectivity index (χ0v) is 8.07. The molecule has 0 radical (unpaired) electrons. The van der Waals surface area contributed by atoms with Gasteiger partial charge >= 0.3 is 0 Å². The molecule has 0 aromatic rings. The lowest BCUT2D eigenvalue weighted by Crippen LogP contribution is -1.93. The van der Waals surface area contributed by atoms with Gasteiger partial charge in [-0.15, -0.1) is 0 Å². The van der Waals surface area contributed by atoms with Crippen molar-refractivity contribution < 1.29 is 0 Å². The van der Waals surface area contributed by atoms with Crippen LogP contribution in [0.3, 0.4) is 0 Å². The summed E-state index contributed by atoms with van der Waals surface area (Å²) in [6.07, 6.45) is 7.04. The van der Waals surface area contributed by atoms with E-state index in [1.54, 1.807) is 5.57 Å². The van der Waals surface area contributed by atoms with E-state index in [1.165, 1.54) is 35.7 Å². The molecule has 0 aliphatic heterocycles. The van der Waals surface area contributed by atoms with Crippen LogP contribution in [-0.2, 0) is 0 Å². The Morgan fingerprint density at radius 1 is 1.22 bits per heavy atom. The van der Waals surface area contributed by atoms with Gasteiger partial charge < -0.3 is 0 Å². The number of hydrogen-bond acceptors (Lipinski definition) is 0. The summed E-state index contributed by atoms with van der Waals surface area (Å²) in [5.74, 6) is 0. The Bertz CT molecular complexity index is 113. The van der Waals surface area contributed by atoms with Crippen LogP contribution in [0.5, 0.6) is 0 Å². The molecule has 0 bridgehead atoms. The first kappa shape index (κ1) is 7.58. The minimum Gasteiger partial charge on any atom is -0.0612 e. The SMILES string of the molecule is CC(I)=C1CCCCC1. The Morgan fingerprint density at radius 3 is 2.11 bits per heavy atom. The third kappa shape index (κ3) is 2.28. The lowest BCUT2D eigenvalue weighted by atomic mass is 9.95. The van der Waals surface area contributed by atoms with Crippen LogP contribution in [0, 0.1) is 0 Å². The minimum absolute atomic E-state index is 1.37. The fourth-order valence-corrected chi connectivity index (χ4v) is 1.86. The molecule has 1 rings (SSSR count). The second-order valence-corrected chi connectivity index (χ2v) is 4.32. The quantitative estimate of drug-likeness (QED) is 0.563. The summed E-state index contributed by atoms with van der Waals surface area (Å²) in [7, 11) is 0. The molecule has 1 fully saturated rings. The van der Waals surface area contributed by atoms with E-state index < -0.39 is 0 Å². The lowest BCUT2D eigenvalue weighted by Gasteiger charge is -2.13. The summed E-state index contributed by atoms with van der Waals surface area (Å²) in [6.45, 7) is 2.22. The van der Waals surface area contributed by atoms with Crippen molar-refractivity contribution in [1.29, 1.82) is 0 Å². The summed E-state index contributed by atoms with van der Waals surface area (Å²) >= 11 is 2.44. The molecule has 0 amide bonds. The predicted octanol–water partition coefficient (Wildman–Crippen LogP) is 3.66. The van der Waals surface area contributed by atoms with Crippen LogP contribution < -0.4 is 0 Å². The molecule has 1 aliphatic carbocycles. The molecule has 1 aliphatic rings. The van der Waals surface area contributed by atoms with Crippen molar-refractivity contribution in [2.45, 2.75) is 39.0 Å². The first-order valence-electron chi connectivity index (χ1n) is 3.65. The summed E-state index contributed by atoms with van der Waals surface area (Å²) < 4.78 is 1.53. The monoisotopic (exact) mass is 236 g/mol. The molecule has 0 nitrogen and oxygen atoms in total. The van der Waals surface area contributed by atoms with Crippen LogP contribution >= 0.6 is 22.6 Å². The van der Waals surface area contributed by atoms with E-state index in [-0.39, 0.29) is 0 Å². The molecular weight excluding hydrogens is 223 g/mol. The molecule has 52 valence electrons. The Balaban J connectivity index is 2.49. The minimum atomic E-state index is 1.37. The van der Waals surface area contributed by atoms with Crippen LogP contribution in [-0.4, -0.2) is 0 Å². The first-order chi connectivity index (χ1) is 4.30. The van der Waals surface area contributed by atoms with Gasteiger partial charge in [0.2, 0.25) is 0 Å². The summed E-state index contributed by atoms with van der Waals surface area (Å²) in [5, 5.41) is 0. The van der Waals surface area contributed by atoms with Gasteiger partial charge in [-0.05, 0) is 58.8 Å². The third-order valence-corrected chi connectivity index (χ3v) is 2.71. The van der Waals surface area contributed by atoms with E-state index in [0.29, 0.717) is 0 Å². The molecule has 0 unspecified atom stereocenters. The molecule has 1 saturated carbocycles. The Morgan fingerprint density at radius 2 is 1.78 bits per heavy atom. The number of halogens is 1. The fraction of sp³-hybridized carbons (Fsp3) is 0.750. The summed E-state index contributed by atoms with van der Waals surface area (Å²) in [5.41, 5.74) is 1.71. The third-order valence-electron chi connectivity index (χ3n) is 1.94. The molecule has 1 heteroatoms. The van der Waals surface area contributed by atoms with Crippen LogP contribution in [0.1, 0.15) is 39.0 Å². The van der Waals surface area contributed by atoms with Crippen LogP contribution in [0.15, 0.2) is 9.15 Å². The van der Waals surface area contributed by atoms with Crippen molar-refractivity contribution in [3.63, 3.8) is 0 Å². The smallest absolute Gasteiger partial charge is 0.0133 e. The lowest BCUT2D eigenvalue weighted by molar-refractivity contribution is 0.597. The molecule has 9 heavy (non-hydrogen) atoms. The van der Waals surface area contributed by atoms with E-state index in [4.69, 9.17) is 0 Å². The maximum absolute atomic E-state index is 2.44. The number of hydrogen-bond donors (Lipinski definition) is 0. The zero-order chi connectivity index (χ0) is 6.69. The van der Waals surface area contributed by atoms with Gasteiger partial charge in [0.15, 0.2) is 0 Å². The predicted molar refractivity (Wildman–Crippen MR) is 49.8 cm³/mol. The molecule has 0 heterocycles. The molecule has 0 spiro atoms. The number of rotatable bonds is 0. The van der Waals surface area contributed by atoms with Crippen molar-refractivity contribution in [2.75, 3.05) is 0 Å². The molecule has 0 atom stereocenters. The highest BCUT2D eigenvalue weighted by Crippen LogP contribution is 2.27. The fourth-order valence-electron chi connectivity index (χ4n) is 1.32. The maximum Gasteiger partial charge on any atom is -0.0133 e. The Hall–Kier alpha value is 0.470. The van der Waals surface area contributed by atoms with E-state index in [9.17, 15) is 0 Å². The number of allylic oxidation sites excluding steroid dienone is 2. The second-order valence-electron chi connectivity index (χ2n) is 2.70. The van der Waals surface area contributed by atoms with Crippen molar-refractivity contribution in [1.82, 2.24) is 0 Å². The van der Waals surface area contributed by atoms with E-state index in [1.807, 2.05) is 0 Å².